The molecule has 6 heteroatoms. The van der Waals surface area contributed by atoms with Crippen LogP contribution in [0.3, 0.4) is 0 Å². The lowest BCUT2D eigenvalue weighted by atomic mass is 10.1. The topological polar surface area (TPSA) is 66.9 Å². The number of nitrogens with one attached hydrogen (secondary N) is 2. The Kier molecular flexibility index (Phi) is 5.72. The Balaban J connectivity index is 1.66. The van der Waals surface area contributed by atoms with Gasteiger partial charge in [0.1, 0.15) is 11.5 Å². The van der Waals surface area contributed by atoms with Crippen LogP contribution in [0, 0.1) is 20.8 Å². The molecule has 1 heterocycles. The van der Waals surface area contributed by atoms with Crippen molar-refractivity contribution < 1.29 is 4.79 Å². The molecular formula is C21H21ClN4O. The number of anilines is 2. The molecule has 2 N–H and O–H groups in total. The molecule has 0 aliphatic carbocycles. The molecule has 0 aliphatic heterocycles. The van der Waals surface area contributed by atoms with Gasteiger partial charge in [-0.2, -0.15) is 0 Å². The zero-order valence-electron chi connectivity index (χ0n) is 15.5. The SMILES string of the molecule is Cc1cc(C)c(Nc2cnc(C(=O)NCc3ccccc3C)cn2)c(Cl)c1. The second-order valence-electron chi connectivity index (χ2n) is 6.46. The van der Waals surface area contributed by atoms with E-state index in [0.29, 0.717) is 17.4 Å². The van der Waals surface area contributed by atoms with Crippen LogP contribution in [0.4, 0.5) is 11.5 Å². The minimum atomic E-state index is -0.262. The number of rotatable bonds is 5. The first kappa shape index (κ1) is 18.9. The largest absolute Gasteiger partial charge is 0.347 e. The maximum atomic E-state index is 12.3. The van der Waals surface area contributed by atoms with Gasteiger partial charge in [0.15, 0.2) is 0 Å². The first-order chi connectivity index (χ1) is 12.9. The smallest absolute Gasteiger partial charge is 0.271 e. The number of benzene rings is 2. The molecule has 0 radical (unpaired) electrons. The summed E-state index contributed by atoms with van der Waals surface area (Å²) in [7, 11) is 0. The molecule has 0 aliphatic rings. The van der Waals surface area contributed by atoms with Crippen LogP contribution in [0.1, 0.15) is 32.7 Å². The second-order valence-corrected chi connectivity index (χ2v) is 6.87. The summed E-state index contributed by atoms with van der Waals surface area (Å²) in [5.74, 6) is 0.265. The summed E-state index contributed by atoms with van der Waals surface area (Å²) in [5, 5.41) is 6.65. The van der Waals surface area contributed by atoms with E-state index in [2.05, 4.69) is 20.6 Å². The highest BCUT2D eigenvalue weighted by atomic mass is 35.5. The molecule has 2 aromatic carbocycles. The summed E-state index contributed by atoms with van der Waals surface area (Å²) < 4.78 is 0. The third-order valence-electron chi connectivity index (χ3n) is 4.27. The van der Waals surface area contributed by atoms with Crippen LogP contribution in [0.2, 0.25) is 5.02 Å². The number of amides is 1. The number of carbonyl (C=O) groups excluding carboxylic acids is 1. The van der Waals surface area contributed by atoms with Gasteiger partial charge in [0.25, 0.3) is 5.91 Å². The zero-order valence-corrected chi connectivity index (χ0v) is 16.3. The lowest BCUT2D eigenvalue weighted by molar-refractivity contribution is 0.0945. The van der Waals surface area contributed by atoms with Crippen LogP contribution in [0.5, 0.6) is 0 Å². The molecule has 5 nitrogen and oxygen atoms in total. The van der Waals surface area contributed by atoms with Gasteiger partial charge in [-0.25, -0.2) is 9.97 Å². The van der Waals surface area contributed by atoms with E-state index in [9.17, 15) is 4.79 Å². The van der Waals surface area contributed by atoms with E-state index in [1.807, 2.05) is 57.2 Å². The van der Waals surface area contributed by atoms with E-state index in [4.69, 9.17) is 11.6 Å². The Hall–Kier alpha value is -2.92. The number of aromatic nitrogens is 2. The van der Waals surface area contributed by atoms with Crippen molar-refractivity contribution >= 4 is 29.0 Å². The fraction of sp³-hybridized carbons (Fsp3) is 0.190. The number of nitrogens with zero attached hydrogens (tertiary/aromatic N) is 2. The number of aryl methyl sites for hydroxylation is 3. The molecule has 1 amide bonds. The zero-order chi connectivity index (χ0) is 19.4. The molecule has 3 rings (SSSR count). The number of halogens is 1. The molecule has 27 heavy (non-hydrogen) atoms. The van der Waals surface area contributed by atoms with Gasteiger partial charge >= 0.3 is 0 Å². The number of carbonyl (C=O) groups is 1. The van der Waals surface area contributed by atoms with E-state index in [1.165, 1.54) is 12.4 Å². The van der Waals surface area contributed by atoms with E-state index in [0.717, 1.165) is 27.9 Å². The van der Waals surface area contributed by atoms with Gasteiger partial charge in [-0.05, 0) is 49.1 Å². The van der Waals surface area contributed by atoms with Crippen LogP contribution < -0.4 is 10.6 Å². The predicted octanol–water partition coefficient (Wildman–Crippen LogP) is 4.73. The molecule has 0 fully saturated rings. The van der Waals surface area contributed by atoms with Crippen LogP contribution >= 0.6 is 11.6 Å². The summed E-state index contributed by atoms with van der Waals surface area (Å²) in [4.78, 5) is 20.8. The maximum Gasteiger partial charge on any atom is 0.271 e. The molecule has 138 valence electrons. The van der Waals surface area contributed by atoms with E-state index in [-0.39, 0.29) is 11.6 Å². The van der Waals surface area contributed by atoms with Crippen molar-refractivity contribution in [2.75, 3.05) is 5.32 Å². The Morgan fingerprint density at radius 1 is 1.04 bits per heavy atom. The van der Waals surface area contributed by atoms with Gasteiger partial charge < -0.3 is 10.6 Å². The lowest BCUT2D eigenvalue weighted by Crippen LogP contribution is -2.24. The van der Waals surface area contributed by atoms with E-state index >= 15 is 0 Å². The van der Waals surface area contributed by atoms with Crippen molar-refractivity contribution in [3.63, 3.8) is 0 Å². The number of hydrogen-bond donors (Lipinski definition) is 2. The summed E-state index contributed by atoms with van der Waals surface area (Å²) in [6, 6.07) is 11.8. The molecule has 0 saturated carbocycles. The highest BCUT2D eigenvalue weighted by Crippen LogP contribution is 2.29. The Labute approximate surface area is 163 Å². The normalized spacial score (nSPS) is 10.5. The molecular weight excluding hydrogens is 360 g/mol. The minimum absolute atomic E-state index is 0.262. The fourth-order valence-corrected chi connectivity index (χ4v) is 3.15. The third-order valence-corrected chi connectivity index (χ3v) is 4.57. The van der Waals surface area contributed by atoms with Crippen LogP contribution in [-0.2, 0) is 6.54 Å². The van der Waals surface area contributed by atoms with Crippen molar-refractivity contribution in [3.05, 3.63) is 81.8 Å². The highest BCUT2D eigenvalue weighted by Gasteiger charge is 2.10. The Morgan fingerprint density at radius 3 is 2.48 bits per heavy atom. The van der Waals surface area contributed by atoms with Crippen molar-refractivity contribution in [2.24, 2.45) is 0 Å². The average molecular weight is 381 g/mol. The molecule has 0 spiro atoms. The molecule has 0 bridgehead atoms. The Morgan fingerprint density at radius 2 is 1.81 bits per heavy atom. The minimum Gasteiger partial charge on any atom is -0.347 e. The average Bonchev–Trinajstić information content (AvgIpc) is 2.64. The van der Waals surface area contributed by atoms with E-state index in [1.54, 1.807) is 0 Å². The van der Waals surface area contributed by atoms with Gasteiger partial charge in [-0.1, -0.05) is 41.9 Å². The third kappa shape index (κ3) is 4.63. The first-order valence-corrected chi connectivity index (χ1v) is 9.00. The summed E-state index contributed by atoms with van der Waals surface area (Å²) in [6.07, 6.45) is 2.98. The molecule has 0 unspecified atom stereocenters. The predicted molar refractivity (Wildman–Crippen MR) is 109 cm³/mol. The van der Waals surface area contributed by atoms with Gasteiger partial charge in [0.2, 0.25) is 0 Å². The second kappa shape index (κ2) is 8.18. The van der Waals surface area contributed by atoms with Crippen molar-refractivity contribution in [1.82, 2.24) is 15.3 Å². The van der Waals surface area contributed by atoms with Gasteiger partial charge in [-0.3, -0.25) is 4.79 Å². The highest BCUT2D eigenvalue weighted by molar-refractivity contribution is 6.33. The molecule has 0 atom stereocenters. The molecule has 1 aromatic heterocycles. The number of hydrogen-bond acceptors (Lipinski definition) is 4. The standard InChI is InChI=1S/C21H21ClN4O/c1-13-8-15(3)20(17(22)9-13)26-19-12-23-18(11-24-19)21(27)25-10-16-7-5-4-6-14(16)2/h4-9,11-12H,10H2,1-3H3,(H,24,26)(H,25,27). The monoisotopic (exact) mass is 380 g/mol. The summed E-state index contributed by atoms with van der Waals surface area (Å²) in [6.45, 7) is 6.43. The fourth-order valence-electron chi connectivity index (χ4n) is 2.79. The van der Waals surface area contributed by atoms with Crippen LogP contribution in [0.15, 0.2) is 48.8 Å². The van der Waals surface area contributed by atoms with Crippen molar-refractivity contribution in [3.8, 4) is 0 Å². The van der Waals surface area contributed by atoms with Crippen LogP contribution in [-0.4, -0.2) is 15.9 Å². The van der Waals surface area contributed by atoms with Crippen molar-refractivity contribution in [1.29, 1.82) is 0 Å². The van der Waals surface area contributed by atoms with Gasteiger partial charge in [-0.15, -0.1) is 0 Å². The van der Waals surface area contributed by atoms with E-state index < -0.39 is 0 Å². The maximum absolute atomic E-state index is 12.3. The first-order valence-electron chi connectivity index (χ1n) is 8.62. The van der Waals surface area contributed by atoms with Crippen LogP contribution in [0.25, 0.3) is 0 Å². The molecule has 0 saturated heterocycles. The summed E-state index contributed by atoms with van der Waals surface area (Å²) in [5.41, 5.74) is 5.36. The Bertz CT molecular complexity index is 947. The molecule has 3 aromatic rings. The van der Waals surface area contributed by atoms with Gasteiger partial charge in [0, 0.05) is 6.54 Å². The van der Waals surface area contributed by atoms with Gasteiger partial charge in [0.05, 0.1) is 23.1 Å². The van der Waals surface area contributed by atoms with Crippen molar-refractivity contribution in [2.45, 2.75) is 27.3 Å². The lowest BCUT2D eigenvalue weighted by Gasteiger charge is -2.12. The quantitative estimate of drug-likeness (QED) is 0.671. The summed E-state index contributed by atoms with van der Waals surface area (Å²) >= 11 is 6.30.